The molecule has 0 saturated heterocycles. The topological polar surface area (TPSA) is 0 Å². The van der Waals surface area contributed by atoms with Crippen LogP contribution in [0.1, 0.15) is 54.4 Å². The fourth-order valence-corrected chi connectivity index (χ4v) is 15.0. The Morgan fingerprint density at radius 2 is 1.08 bits per heavy atom. The molecule has 0 atom stereocenters. The van der Waals surface area contributed by atoms with Gasteiger partial charge >= 0.3 is 87.7 Å². The van der Waals surface area contributed by atoms with Crippen LogP contribution in [-0.4, -0.2) is 13.3 Å². The van der Waals surface area contributed by atoms with Crippen LogP contribution in [0.4, 0.5) is 0 Å². The molecular weight excluding hydrogens is 217 g/mol. The molecule has 0 aliphatic heterocycles. The Morgan fingerprint density at radius 3 is 1.23 bits per heavy atom. The Kier molecular flexibility index (Phi) is 6.36. The number of hydrogen-bond donors (Lipinski definition) is 0. The van der Waals surface area contributed by atoms with E-state index in [0.29, 0.717) is 0 Å². The van der Waals surface area contributed by atoms with Crippen molar-refractivity contribution in [3.63, 3.8) is 0 Å². The summed E-state index contributed by atoms with van der Waals surface area (Å²) in [6.07, 6.45) is 2.83. The van der Waals surface area contributed by atoms with Crippen molar-refractivity contribution < 1.29 is 0 Å². The summed E-state index contributed by atoms with van der Waals surface area (Å²) in [5, 5.41) is 3.17. The van der Waals surface area contributed by atoms with E-state index in [4.69, 9.17) is 0 Å². The molecule has 0 spiro atoms. The van der Waals surface area contributed by atoms with Crippen LogP contribution in [0.2, 0.25) is 20.0 Å². The standard InChI is InChI=1S/C12H28Ge/c1-7-9-13(10-8-2,11(3)4)12(5)6/h11-12H,7-10H2,1-6H3. The summed E-state index contributed by atoms with van der Waals surface area (Å²) in [5.74, 6) is 0. The molecule has 0 fully saturated rings. The molecule has 0 rings (SSSR count). The van der Waals surface area contributed by atoms with Crippen LogP contribution in [0.5, 0.6) is 0 Å². The van der Waals surface area contributed by atoms with Crippen LogP contribution in [0.25, 0.3) is 0 Å². The molecule has 13 heavy (non-hydrogen) atoms. The van der Waals surface area contributed by atoms with Gasteiger partial charge in [-0.05, 0) is 0 Å². The van der Waals surface area contributed by atoms with Crippen LogP contribution in [0.3, 0.4) is 0 Å². The zero-order valence-electron chi connectivity index (χ0n) is 10.5. The molecule has 0 aliphatic carbocycles. The van der Waals surface area contributed by atoms with Gasteiger partial charge in [0.2, 0.25) is 0 Å². The van der Waals surface area contributed by atoms with E-state index in [-0.39, 0.29) is 0 Å². The first kappa shape index (κ1) is 13.5. The fourth-order valence-electron chi connectivity index (χ4n) is 2.88. The van der Waals surface area contributed by atoms with Gasteiger partial charge in [0.15, 0.2) is 0 Å². The van der Waals surface area contributed by atoms with Crippen molar-refractivity contribution >= 4 is 13.3 Å². The van der Waals surface area contributed by atoms with Crippen molar-refractivity contribution in [2.24, 2.45) is 0 Å². The molecule has 0 radical (unpaired) electrons. The van der Waals surface area contributed by atoms with Gasteiger partial charge in [0, 0.05) is 0 Å². The molecule has 80 valence electrons. The normalized spacial score (nSPS) is 12.9. The summed E-state index contributed by atoms with van der Waals surface area (Å²) >= 11 is -1.49. The summed E-state index contributed by atoms with van der Waals surface area (Å²) in [5.41, 5.74) is 0. The Balaban J connectivity index is 4.59. The van der Waals surface area contributed by atoms with Crippen LogP contribution >= 0.6 is 0 Å². The van der Waals surface area contributed by atoms with Gasteiger partial charge < -0.3 is 0 Å². The average molecular weight is 245 g/mol. The van der Waals surface area contributed by atoms with E-state index in [9.17, 15) is 0 Å². The van der Waals surface area contributed by atoms with Gasteiger partial charge in [0.05, 0.1) is 0 Å². The summed E-state index contributed by atoms with van der Waals surface area (Å²) in [7, 11) is 0. The zero-order chi connectivity index (χ0) is 10.5. The van der Waals surface area contributed by atoms with Crippen molar-refractivity contribution in [3.8, 4) is 0 Å². The first-order chi connectivity index (χ1) is 6.01. The van der Waals surface area contributed by atoms with E-state index in [1.54, 1.807) is 10.5 Å². The molecule has 0 amide bonds. The monoisotopic (exact) mass is 246 g/mol. The molecule has 0 saturated carbocycles. The maximum absolute atomic E-state index is 2.48. The predicted molar refractivity (Wildman–Crippen MR) is 66.1 cm³/mol. The van der Waals surface area contributed by atoms with Gasteiger partial charge in [0.25, 0.3) is 0 Å². The molecule has 0 aromatic rings. The zero-order valence-corrected chi connectivity index (χ0v) is 12.6. The Bertz CT molecular complexity index is 111. The van der Waals surface area contributed by atoms with Crippen molar-refractivity contribution in [1.29, 1.82) is 0 Å². The number of hydrogen-bond acceptors (Lipinski definition) is 0. The quantitative estimate of drug-likeness (QED) is 0.572. The van der Waals surface area contributed by atoms with Gasteiger partial charge in [-0.25, -0.2) is 0 Å². The summed E-state index contributed by atoms with van der Waals surface area (Å²) < 4.78 is 2.03. The second kappa shape index (κ2) is 6.11. The predicted octanol–water partition coefficient (Wildman–Crippen LogP) is 5.08. The molecular formula is C12H28Ge. The van der Waals surface area contributed by atoms with Crippen molar-refractivity contribution in [2.75, 3.05) is 0 Å². The second-order valence-corrected chi connectivity index (χ2v) is 17.2. The summed E-state index contributed by atoms with van der Waals surface area (Å²) in [6, 6.07) is 0. The van der Waals surface area contributed by atoms with Crippen LogP contribution in [0.15, 0.2) is 0 Å². The minimum atomic E-state index is -1.49. The fraction of sp³-hybridized carbons (Fsp3) is 1.00. The molecule has 0 unspecified atom stereocenters. The molecule has 1 heteroatoms. The third-order valence-electron chi connectivity index (χ3n) is 3.73. The molecule has 0 nitrogen and oxygen atoms in total. The summed E-state index contributed by atoms with van der Waals surface area (Å²) in [6.45, 7) is 14.6. The number of rotatable bonds is 6. The first-order valence-electron chi connectivity index (χ1n) is 6.01. The molecule has 0 heterocycles. The summed E-state index contributed by atoms with van der Waals surface area (Å²) in [4.78, 5) is 0. The minimum absolute atomic E-state index is 1.01. The third kappa shape index (κ3) is 3.30. The van der Waals surface area contributed by atoms with E-state index >= 15 is 0 Å². The van der Waals surface area contributed by atoms with Crippen LogP contribution < -0.4 is 0 Å². The van der Waals surface area contributed by atoms with E-state index in [1.165, 1.54) is 12.8 Å². The Hall–Kier alpha value is 0.543. The van der Waals surface area contributed by atoms with Gasteiger partial charge in [-0.1, -0.05) is 0 Å². The maximum atomic E-state index is 2.48. The van der Waals surface area contributed by atoms with E-state index in [0.717, 1.165) is 9.50 Å². The van der Waals surface area contributed by atoms with E-state index < -0.39 is 13.3 Å². The molecule has 0 aromatic heterocycles. The molecule has 0 aliphatic rings. The SMILES string of the molecule is CC[CH2][Ge]([CH2]CC)([CH](C)C)[CH](C)C. The van der Waals surface area contributed by atoms with Crippen molar-refractivity contribution in [3.05, 3.63) is 0 Å². The Morgan fingerprint density at radius 1 is 0.769 bits per heavy atom. The Labute approximate surface area is 87.9 Å². The van der Waals surface area contributed by atoms with Crippen LogP contribution in [-0.2, 0) is 0 Å². The van der Waals surface area contributed by atoms with Gasteiger partial charge in [0.1, 0.15) is 0 Å². The first-order valence-corrected chi connectivity index (χ1v) is 11.4. The van der Waals surface area contributed by atoms with Crippen molar-refractivity contribution in [2.45, 2.75) is 74.4 Å². The van der Waals surface area contributed by atoms with Crippen molar-refractivity contribution in [1.82, 2.24) is 0 Å². The van der Waals surface area contributed by atoms with Crippen LogP contribution in [0, 0.1) is 0 Å². The third-order valence-corrected chi connectivity index (χ3v) is 19.4. The second-order valence-electron chi connectivity index (χ2n) is 5.04. The van der Waals surface area contributed by atoms with Gasteiger partial charge in [-0.2, -0.15) is 0 Å². The molecule has 0 N–H and O–H groups in total. The van der Waals surface area contributed by atoms with E-state index in [1.807, 2.05) is 0 Å². The van der Waals surface area contributed by atoms with Gasteiger partial charge in [-0.15, -0.1) is 0 Å². The molecule has 0 bridgehead atoms. The average Bonchev–Trinajstić information content (AvgIpc) is 2.03. The molecule has 0 aromatic carbocycles. The van der Waals surface area contributed by atoms with Gasteiger partial charge in [-0.3, -0.25) is 0 Å². The van der Waals surface area contributed by atoms with E-state index in [2.05, 4.69) is 41.5 Å².